The summed E-state index contributed by atoms with van der Waals surface area (Å²) in [6.45, 7) is 3.09. The van der Waals surface area contributed by atoms with Crippen LogP contribution in [0.1, 0.15) is 18.4 Å². The van der Waals surface area contributed by atoms with Crippen molar-refractivity contribution in [1.29, 1.82) is 5.26 Å². The van der Waals surface area contributed by atoms with Gasteiger partial charge in [0.15, 0.2) is 0 Å². The second kappa shape index (κ2) is 6.95. The average Bonchev–Trinajstić information content (AvgIpc) is 2.61. The van der Waals surface area contributed by atoms with Gasteiger partial charge in [0.25, 0.3) is 0 Å². The maximum absolute atomic E-state index is 8.93. The molecule has 1 saturated heterocycles. The van der Waals surface area contributed by atoms with Gasteiger partial charge in [-0.05, 0) is 43.0 Å². The van der Waals surface area contributed by atoms with Gasteiger partial charge in [0, 0.05) is 31.5 Å². The molecule has 1 fully saturated rings. The highest BCUT2D eigenvalue weighted by Crippen LogP contribution is 2.23. The number of pyridine rings is 1. The first-order valence-corrected chi connectivity index (χ1v) is 7.75. The second-order valence-electron chi connectivity index (χ2n) is 5.71. The molecule has 0 aliphatic carbocycles. The summed E-state index contributed by atoms with van der Waals surface area (Å²) in [6.07, 6.45) is 4.12. The second-order valence-corrected chi connectivity index (χ2v) is 5.71. The van der Waals surface area contributed by atoms with E-state index < -0.39 is 0 Å². The Kier molecular flexibility index (Phi) is 4.55. The van der Waals surface area contributed by atoms with Gasteiger partial charge >= 0.3 is 0 Å². The van der Waals surface area contributed by atoms with E-state index in [1.54, 1.807) is 18.3 Å². The Balaban J connectivity index is 1.58. The van der Waals surface area contributed by atoms with Crippen LogP contribution in [-0.2, 0) is 0 Å². The number of nitrogens with zero attached hydrogens (tertiary/aromatic N) is 3. The molecule has 1 aromatic heterocycles. The lowest BCUT2D eigenvalue weighted by atomic mass is 9.97. The van der Waals surface area contributed by atoms with Crippen molar-refractivity contribution in [3.05, 3.63) is 54.2 Å². The Morgan fingerprint density at radius 1 is 1.27 bits per heavy atom. The van der Waals surface area contributed by atoms with Crippen LogP contribution >= 0.6 is 0 Å². The van der Waals surface area contributed by atoms with Crippen LogP contribution in [0.5, 0.6) is 0 Å². The quantitative estimate of drug-likeness (QED) is 0.939. The molecular formula is C18H20N4. The Morgan fingerprint density at radius 2 is 2.14 bits per heavy atom. The van der Waals surface area contributed by atoms with Gasteiger partial charge in [0.1, 0.15) is 5.82 Å². The molecule has 0 bridgehead atoms. The van der Waals surface area contributed by atoms with Gasteiger partial charge in [0.05, 0.1) is 11.6 Å². The molecule has 1 aromatic carbocycles. The standard InChI is InChI=1S/C18H20N4/c19-12-15-8-9-20-18(11-15)21-13-16-5-4-10-22(14-16)17-6-2-1-3-7-17/h1-3,6-9,11,16H,4-5,10,13-14H2,(H,20,21). The topological polar surface area (TPSA) is 52.0 Å². The molecule has 4 heteroatoms. The molecule has 2 aromatic rings. The van der Waals surface area contributed by atoms with Gasteiger partial charge in [-0.2, -0.15) is 5.26 Å². The number of benzene rings is 1. The molecule has 1 aliphatic heterocycles. The van der Waals surface area contributed by atoms with Gasteiger partial charge in [0.2, 0.25) is 0 Å². The number of piperidine rings is 1. The fourth-order valence-electron chi connectivity index (χ4n) is 2.95. The van der Waals surface area contributed by atoms with E-state index >= 15 is 0 Å². The zero-order chi connectivity index (χ0) is 15.2. The lowest BCUT2D eigenvalue weighted by molar-refractivity contribution is 0.432. The number of para-hydroxylation sites is 1. The van der Waals surface area contributed by atoms with Crippen LogP contribution in [0, 0.1) is 17.2 Å². The van der Waals surface area contributed by atoms with Crippen molar-refractivity contribution in [1.82, 2.24) is 4.98 Å². The molecule has 1 atom stereocenters. The van der Waals surface area contributed by atoms with Gasteiger partial charge in [-0.3, -0.25) is 0 Å². The minimum absolute atomic E-state index is 0.599. The van der Waals surface area contributed by atoms with E-state index in [-0.39, 0.29) is 0 Å². The van der Waals surface area contributed by atoms with Crippen molar-refractivity contribution >= 4 is 11.5 Å². The monoisotopic (exact) mass is 292 g/mol. The summed E-state index contributed by atoms with van der Waals surface area (Å²) in [5.41, 5.74) is 1.95. The van der Waals surface area contributed by atoms with E-state index in [0.717, 1.165) is 25.5 Å². The van der Waals surface area contributed by atoms with Crippen molar-refractivity contribution in [2.24, 2.45) is 5.92 Å². The number of nitriles is 1. The number of rotatable bonds is 4. The Labute approximate surface area is 131 Å². The summed E-state index contributed by atoms with van der Waals surface area (Å²) in [5, 5.41) is 12.3. The first-order chi connectivity index (χ1) is 10.8. The maximum atomic E-state index is 8.93. The third-order valence-electron chi connectivity index (χ3n) is 4.10. The Morgan fingerprint density at radius 3 is 2.95 bits per heavy atom. The molecule has 0 saturated carbocycles. The summed E-state index contributed by atoms with van der Waals surface area (Å²) in [5.74, 6) is 1.39. The molecule has 0 spiro atoms. The van der Waals surface area contributed by atoms with Crippen LogP contribution in [0.15, 0.2) is 48.7 Å². The summed E-state index contributed by atoms with van der Waals surface area (Å²) in [6, 6.07) is 16.3. The molecule has 4 nitrogen and oxygen atoms in total. The lowest BCUT2D eigenvalue weighted by Crippen LogP contribution is -2.38. The molecule has 0 amide bonds. The number of nitrogens with one attached hydrogen (secondary N) is 1. The number of anilines is 2. The summed E-state index contributed by atoms with van der Waals surface area (Å²) in [7, 11) is 0. The van der Waals surface area contributed by atoms with Crippen LogP contribution < -0.4 is 10.2 Å². The number of hydrogen-bond acceptors (Lipinski definition) is 4. The first kappa shape index (κ1) is 14.4. The SMILES string of the molecule is N#Cc1ccnc(NCC2CCCN(c3ccccc3)C2)c1. The molecule has 1 aliphatic rings. The molecule has 112 valence electrons. The van der Waals surface area contributed by atoms with E-state index in [1.165, 1.54) is 18.5 Å². The van der Waals surface area contributed by atoms with Gasteiger partial charge < -0.3 is 10.2 Å². The molecule has 1 unspecified atom stereocenters. The average molecular weight is 292 g/mol. The van der Waals surface area contributed by atoms with Gasteiger partial charge in [-0.15, -0.1) is 0 Å². The van der Waals surface area contributed by atoms with Crippen LogP contribution in [0.3, 0.4) is 0 Å². The van der Waals surface area contributed by atoms with Gasteiger partial charge in [-0.1, -0.05) is 18.2 Å². The Bertz CT molecular complexity index is 648. The predicted octanol–water partition coefficient (Wildman–Crippen LogP) is 3.28. The highest BCUT2D eigenvalue weighted by molar-refractivity contribution is 5.46. The van der Waals surface area contributed by atoms with Crippen molar-refractivity contribution in [2.75, 3.05) is 29.9 Å². The van der Waals surface area contributed by atoms with E-state index in [4.69, 9.17) is 5.26 Å². The van der Waals surface area contributed by atoms with Crippen LogP contribution in [0.2, 0.25) is 0 Å². The Hall–Kier alpha value is -2.54. The zero-order valence-corrected chi connectivity index (χ0v) is 12.6. The van der Waals surface area contributed by atoms with Gasteiger partial charge in [-0.25, -0.2) is 4.98 Å². The smallest absolute Gasteiger partial charge is 0.127 e. The molecule has 0 radical (unpaired) electrons. The largest absolute Gasteiger partial charge is 0.371 e. The normalized spacial score (nSPS) is 17.8. The first-order valence-electron chi connectivity index (χ1n) is 7.75. The predicted molar refractivity (Wildman–Crippen MR) is 88.8 cm³/mol. The van der Waals surface area contributed by atoms with E-state index in [9.17, 15) is 0 Å². The summed E-state index contributed by atoms with van der Waals surface area (Å²) >= 11 is 0. The fourth-order valence-corrected chi connectivity index (χ4v) is 2.95. The van der Waals surface area contributed by atoms with E-state index in [2.05, 4.69) is 51.6 Å². The van der Waals surface area contributed by atoms with Crippen LogP contribution in [0.25, 0.3) is 0 Å². The summed E-state index contributed by atoms with van der Waals surface area (Å²) in [4.78, 5) is 6.73. The summed E-state index contributed by atoms with van der Waals surface area (Å²) < 4.78 is 0. The zero-order valence-electron chi connectivity index (χ0n) is 12.6. The van der Waals surface area contributed by atoms with Crippen LogP contribution in [0.4, 0.5) is 11.5 Å². The molecule has 2 heterocycles. The molecule has 22 heavy (non-hydrogen) atoms. The highest BCUT2D eigenvalue weighted by Gasteiger charge is 2.19. The minimum atomic E-state index is 0.599. The van der Waals surface area contributed by atoms with Crippen LogP contribution in [-0.4, -0.2) is 24.6 Å². The fraction of sp³-hybridized carbons (Fsp3) is 0.333. The van der Waals surface area contributed by atoms with E-state index in [0.29, 0.717) is 11.5 Å². The maximum Gasteiger partial charge on any atom is 0.127 e. The molecular weight excluding hydrogens is 272 g/mol. The number of hydrogen-bond donors (Lipinski definition) is 1. The van der Waals surface area contributed by atoms with Crippen molar-refractivity contribution < 1.29 is 0 Å². The molecule has 1 N–H and O–H groups in total. The third-order valence-corrected chi connectivity index (χ3v) is 4.10. The number of aromatic nitrogens is 1. The minimum Gasteiger partial charge on any atom is -0.371 e. The highest BCUT2D eigenvalue weighted by atomic mass is 15.1. The van der Waals surface area contributed by atoms with Crippen molar-refractivity contribution in [3.8, 4) is 6.07 Å². The lowest BCUT2D eigenvalue weighted by Gasteiger charge is -2.34. The van der Waals surface area contributed by atoms with E-state index in [1.807, 2.05) is 0 Å². The molecule has 3 rings (SSSR count). The van der Waals surface area contributed by atoms with Crippen molar-refractivity contribution in [2.45, 2.75) is 12.8 Å². The third kappa shape index (κ3) is 3.56. The van der Waals surface area contributed by atoms with Crippen molar-refractivity contribution in [3.63, 3.8) is 0 Å².